The molecule has 1 heterocycles. The lowest BCUT2D eigenvalue weighted by atomic mass is 9.86. The highest BCUT2D eigenvalue weighted by Crippen LogP contribution is 2.25. The first-order chi connectivity index (χ1) is 11.3. The molecule has 1 saturated carbocycles. The Morgan fingerprint density at radius 3 is 2.38 bits per heavy atom. The van der Waals surface area contributed by atoms with E-state index in [1.165, 1.54) is 0 Å². The van der Waals surface area contributed by atoms with Crippen LogP contribution in [0, 0.1) is 5.92 Å². The monoisotopic (exact) mass is 361 g/mol. The van der Waals surface area contributed by atoms with Crippen LogP contribution in [0.25, 0.3) is 0 Å². The first-order valence-corrected chi connectivity index (χ1v) is 10.4. The molecule has 3 N–H and O–H groups in total. The Morgan fingerprint density at radius 1 is 1.12 bits per heavy atom. The molecule has 1 atom stereocenters. The van der Waals surface area contributed by atoms with E-state index in [4.69, 9.17) is 5.11 Å². The summed E-state index contributed by atoms with van der Waals surface area (Å²) in [5.41, 5.74) is 0. The van der Waals surface area contributed by atoms with E-state index < -0.39 is 16.0 Å². The van der Waals surface area contributed by atoms with Gasteiger partial charge in [0.1, 0.15) is 0 Å². The number of carbonyl (C=O) groups excluding carboxylic acids is 1. The number of carboxylic acid groups (broad SMARTS) is 1. The van der Waals surface area contributed by atoms with E-state index in [-0.39, 0.29) is 30.6 Å². The first kappa shape index (κ1) is 19.0. The topological polar surface area (TPSA) is 116 Å². The Morgan fingerprint density at radius 2 is 1.79 bits per heavy atom. The summed E-state index contributed by atoms with van der Waals surface area (Å²) in [5, 5.41) is 12.0. The number of nitrogens with one attached hydrogen (secondary N) is 2. The average molecular weight is 361 g/mol. The van der Waals surface area contributed by atoms with Gasteiger partial charge in [-0.3, -0.25) is 4.79 Å². The van der Waals surface area contributed by atoms with Gasteiger partial charge < -0.3 is 15.3 Å². The van der Waals surface area contributed by atoms with Crippen LogP contribution in [0.2, 0.25) is 0 Å². The second kappa shape index (κ2) is 8.15. The molecule has 0 aromatic heterocycles. The number of nitrogens with zero attached hydrogens (tertiary/aromatic N) is 1. The number of amides is 2. The van der Waals surface area contributed by atoms with Crippen molar-refractivity contribution in [2.24, 2.45) is 5.92 Å². The van der Waals surface area contributed by atoms with Gasteiger partial charge in [-0.2, -0.15) is 0 Å². The molecule has 2 rings (SSSR count). The number of hydrogen-bond donors (Lipinski definition) is 3. The third-order valence-corrected chi connectivity index (χ3v) is 5.56. The van der Waals surface area contributed by atoms with Crippen molar-refractivity contribution in [1.82, 2.24) is 14.9 Å². The number of aliphatic carboxylic acids is 1. The maximum Gasteiger partial charge on any atom is 0.317 e. The minimum absolute atomic E-state index is 0.00135. The van der Waals surface area contributed by atoms with Crippen LogP contribution in [0.4, 0.5) is 4.79 Å². The van der Waals surface area contributed by atoms with Crippen molar-refractivity contribution in [2.45, 2.75) is 57.0 Å². The Balaban J connectivity index is 1.86. The molecule has 0 radical (unpaired) electrons. The zero-order valence-electron chi connectivity index (χ0n) is 14.0. The quantitative estimate of drug-likeness (QED) is 0.668. The lowest BCUT2D eigenvalue weighted by molar-refractivity contribution is -0.142. The van der Waals surface area contributed by atoms with Gasteiger partial charge in [0.25, 0.3) is 0 Å². The molecular formula is C15H27N3O5S. The van der Waals surface area contributed by atoms with Gasteiger partial charge in [-0.15, -0.1) is 0 Å². The zero-order valence-corrected chi connectivity index (χ0v) is 14.8. The standard InChI is InChI=1S/C15H27N3O5S/c1-24(22,23)16-10-13-4-2-3-9-18(13)15(21)17-12-7-5-11(6-8-12)14(19)20/h11-13,16H,2-10H2,1H3,(H,17,21)(H,19,20). The molecule has 138 valence electrons. The third kappa shape index (κ3) is 5.62. The molecule has 0 spiro atoms. The van der Waals surface area contributed by atoms with Crippen molar-refractivity contribution in [3.8, 4) is 0 Å². The van der Waals surface area contributed by atoms with Crippen LogP contribution in [0.3, 0.4) is 0 Å². The average Bonchev–Trinajstić information content (AvgIpc) is 2.53. The van der Waals surface area contributed by atoms with Crippen molar-refractivity contribution < 1.29 is 23.1 Å². The molecule has 0 aromatic rings. The van der Waals surface area contributed by atoms with Gasteiger partial charge in [-0.25, -0.2) is 17.9 Å². The molecule has 2 amide bonds. The molecule has 2 aliphatic rings. The van der Waals surface area contributed by atoms with Gasteiger partial charge in [-0.1, -0.05) is 0 Å². The summed E-state index contributed by atoms with van der Waals surface area (Å²) in [7, 11) is -3.28. The summed E-state index contributed by atoms with van der Waals surface area (Å²) in [4.78, 5) is 25.2. The number of likely N-dealkylation sites (tertiary alicyclic amines) is 1. The van der Waals surface area contributed by atoms with E-state index in [0.29, 0.717) is 32.2 Å². The van der Waals surface area contributed by atoms with Gasteiger partial charge in [-0.05, 0) is 44.9 Å². The Hall–Kier alpha value is -1.35. The molecule has 0 bridgehead atoms. The summed E-state index contributed by atoms with van der Waals surface area (Å²) in [5.74, 6) is -1.07. The maximum atomic E-state index is 12.5. The lowest BCUT2D eigenvalue weighted by Gasteiger charge is -2.37. The molecule has 2 fully saturated rings. The molecule has 0 aromatic carbocycles. The second-order valence-electron chi connectivity index (χ2n) is 6.80. The third-order valence-electron chi connectivity index (χ3n) is 4.87. The smallest absolute Gasteiger partial charge is 0.317 e. The number of hydrogen-bond acceptors (Lipinski definition) is 4. The van der Waals surface area contributed by atoms with Crippen molar-refractivity contribution in [2.75, 3.05) is 19.3 Å². The number of piperidine rings is 1. The van der Waals surface area contributed by atoms with E-state index in [1.807, 2.05) is 0 Å². The van der Waals surface area contributed by atoms with Crippen molar-refractivity contribution >= 4 is 22.0 Å². The molecular weight excluding hydrogens is 334 g/mol. The molecule has 8 nitrogen and oxygen atoms in total. The first-order valence-electron chi connectivity index (χ1n) is 8.51. The zero-order chi connectivity index (χ0) is 17.7. The Kier molecular flexibility index (Phi) is 6.45. The van der Waals surface area contributed by atoms with Gasteiger partial charge in [0, 0.05) is 25.2 Å². The molecule has 24 heavy (non-hydrogen) atoms. The summed E-state index contributed by atoms with van der Waals surface area (Å²) < 4.78 is 25.0. The van der Waals surface area contributed by atoms with E-state index in [1.54, 1.807) is 4.90 Å². The van der Waals surface area contributed by atoms with E-state index in [9.17, 15) is 18.0 Å². The van der Waals surface area contributed by atoms with Crippen LogP contribution < -0.4 is 10.0 Å². The summed E-state index contributed by atoms with van der Waals surface area (Å²) in [6, 6.07) is -0.309. The predicted octanol–water partition coefficient (Wildman–Crippen LogP) is 0.743. The van der Waals surface area contributed by atoms with Crippen LogP contribution in [0.5, 0.6) is 0 Å². The highest BCUT2D eigenvalue weighted by Gasteiger charge is 2.31. The SMILES string of the molecule is CS(=O)(=O)NCC1CCCCN1C(=O)NC1CCC(C(=O)O)CC1. The minimum Gasteiger partial charge on any atom is -0.481 e. The number of carboxylic acids is 1. The predicted molar refractivity (Wildman–Crippen MR) is 89.1 cm³/mol. The Labute approximate surface area is 143 Å². The molecule has 1 saturated heterocycles. The number of sulfonamides is 1. The highest BCUT2D eigenvalue weighted by molar-refractivity contribution is 7.88. The highest BCUT2D eigenvalue weighted by atomic mass is 32.2. The number of carbonyl (C=O) groups is 2. The fraction of sp³-hybridized carbons (Fsp3) is 0.867. The van der Waals surface area contributed by atoms with Crippen LogP contribution in [0.1, 0.15) is 44.9 Å². The molecule has 1 unspecified atom stereocenters. The van der Waals surface area contributed by atoms with E-state index in [0.717, 1.165) is 25.5 Å². The van der Waals surface area contributed by atoms with Crippen molar-refractivity contribution in [1.29, 1.82) is 0 Å². The largest absolute Gasteiger partial charge is 0.481 e. The van der Waals surface area contributed by atoms with Crippen LogP contribution in [0.15, 0.2) is 0 Å². The maximum absolute atomic E-state index is 12.5. The van der Waals surface area contributed by atoms with E-state index >= 15 is 0 Å². The van der Waals surface area contributed by atoms with Crippen LogP contribution in [-0.4, -0.2) is 61.9 Å². The van der Waals surface area contributed by atoms with Crippen LogP contribution in [-0.2, 0) is 14.8 Å². The van der Waals surface area contributed by atoms with Crippen molar-refractivity contribution in [3.05, 3.63) is 0 Å². The van der Waals surface area contributed by atoms with E-state index in [2.05, 4.69) is 10.0 Å². The normalized spacial score (nSPS) is 28.4. The fourth-order valence-electron chi connectivity index (χ4n) is 3.47. The van der Waals surface area contributed by atoms with Gasteiger partial charge in [0.15, 0.2) is 0 Å². The number of rotatable bonds is 5. The molecule has 9 heteroatoms. The summed E-state index contributed by atoms with van der Waals surface area (Å²) >= 11 is 0. The summed E-state index contributed by atoms with van der Waals surface area (Å²) in [6.45, 7) is 0.852. The molecule has 1 aliphatic carbocycles. The minimum atomic E-state index is -3.28. The van der Waals surface area contributed by atoms with Gasteiger partial charge in [0.05, 0.1) is 12.2 Å². The summed E-state index contributed by atoms with van der Waals surface area (Å²) in [6.07, 6.45) is 6.28. The fourth-order valence-corrected chi connectivity index (χ4v) is 3.97. The molecule has 1 aliphatic heterocycles. The van der Waals surface area contributed by atoms with Crippen LogP contribution >= 0.6 is 0 Å². The second-order valence-corrected chi connectivity index (χ2v) is 8.63. The Bertz CT molecular complexity index is 557. The van der Waals surface area contributed by atoms with Gasteiger partial charge >= 0.3 is 12.0 Å². The lowest BCUT2D eigenvalue weighted by Crippen LogP contribution is -2.54. The number of urea groups is 1. The van der Waals surface area contributed by atoms with Gasteiger partial charge in [0.2, 0.25) is 10.0 Å². The van der Waals surface area contributed by atoms with Crippen molar-refractivity contribution in [3.63, 3.8) is 0 Å².